The summed E-state index contributed by atoms with van der Waals surface area (Å²) in [4.78, 5) is 16.7. The third-order valence-corrected chi connectivity index (χ3v) is 3.36. The van der Waals surface area contributed by atoms with Crippen molar-refractivity contribution in [2.24, 2.45) is 0 Å². The van der Waals surface area contributed by atoms with Gasteiger partial charge in [0, 0.05) is 18.0 Å². The van der Waals surface area contributed by atoms with Crippen molar-refractivity contribution in [3.8, 4) is 5.69 Å². The SMILES string of the molecule is Cc1cn(-c2ccc(F)cc2)c(=O)n2cc(CCl)nc12. The van der Waals surface area contributed by atoms with Crippen LogP contribution in [0.2, 0.25) is 0 Å². The van der Waals surface area contributed by atoms with Crippen LogP contribution in [0.3, 0.4) is 0 Å². The molecule has 0 atom stereocenters. The van der Waals surface area contributed by atoms with Crippen molar-refractivity contribution in [3.63, 3.8) is 0 Å². The van der Waals surface area contributed by atoms with Crippen LogP contribution in [0.25, 0.3) is 11.3 Å². The van der Waals surface area contributed by atoms with Gasteiger partial charge >= 0.3 is 5.69 Å². The fourth-order valence-corrected chi connectivity index (χ4v) is 2.26. The summed E-state index contributed by atoms with van der Waals surface area (Å²) in [5.41, 5.74) is 2.40. The number of rotatable bonds is 2. The van der Waals surface area contributed by atoms with E-state index < -0.39 is 0 Å². The maximum atomic E-state index is 13.0. The van der Waals surface area contributed by atoms with E-state index in [9.17, 15) is 9.18 Å². The summed E-state index contributed by atoms with van der Waals surface area (Å²) in [5, 5.41) is 0. The van der Waals surface area contributed by atoms with Gasteiger partial charge in [-0.05, 0) is 31.2 Å². The molecule has 0 aliphatic heterocycles. The molecular weight excluding hydrogens is 281 g/mol. The van der Waals surface area contributed by atoms with E-state index >= 15 is 0 Å². The molecule has 2 heterocycles. The zero-order valence-electron chi connectivity index (χ0n) is 10.7. The number of benzene rings is 1. The molecular formula is C14H11ClFN3O. The first-order valence-electron chi connectivity index (χ1n) is 6.02. The summed E-state index contributed by atoms with van der Waals surface area (Å²) >= 11 is 5.75. The highest BCUT2D eigenvalue weighted by Crippen LogP contribution is 2.12. The van der Waals surface area contributed by atoms with E-state index in [4.69, 9.17) is 11.6 Å². The van der Waals surface area contributed by atoms with E-state index in [2.05, 4.69) is 4.98 Å². The number of aryl methyl sites for hydroxylation is 1. The number of halogens is 2. The Morgan fingerprint density at radius 3 is 2.60 bits per heavy atom. The molecule has 20 heavy (non-hydrogen) atoms. The lowest BCUT2D eigenvalue weighted by molar-refractivity contribution is 0.627. The van der Waals surface area contributed by atoms with Gasteiger partial charge in [-0.3, -0.25) is 8.97 Å². The molecule has 0 saturated heterocycles. The Kier molecular flexibility index (Phi) is 3.06. The van der Waals surface area contributed by atoms with E-state index in [-0.39, 0.29) is 17.4 Å². The molecule has 0 aliphatic rings. The van der Waals surface area contributed by atoms with Gasteiger partial charge in [-0.15, -0.1) is 11.6 Å². The van der Waals surface area contributed by atoms with Gasteiger partial charge in [0.15, 0.2) is 0 Å². The van der Waals surface area contributed by atoms with Crippen LogP contribution in [0, 0.1) is 12.7 Å². The minimum Gasteiger partial charge on any atom is -0.269 e. The molecule has 0 fully saturated rings. The van der Waals surface area contributed by atoms with Crippen molar-refractivity contribution in [3.05, 3.63) is 64.2 Å². The highest BCUT2D eigenvalue weighted by atomic mass is 35.5. The number of hydrogen-bond donors (Lipinski definition) is 0. The van der Waals surface area contributed by atoms with Gasteiger partial charge in [-0.2, -0.15) is 0 Å². The molecule has 0 aliphatic carbocycles. The van der Waals surface area contributed by atoms with Crippen molar-refractivity contribution in [1.29, 1.82) is 0 Å². The molecule has 0 bridgehead atoms. The van der Waals surface area contributed by atoms with E-state index in [0.717, 1.165) is 5.56 Å². The molecule has 0 N–H and O–H groups in total. The number of aromatic nitrogens is 3. The molecule has 0 unspecified atom stereocenters. The summed E-state index contributed by atoms with van der Waals surface area (Å²) in [7, 11) is 0. The van der Waals surface area contributed by atoms with Crippen molar-refractivity contribution >= 4 is 17.2 Å². The van der Waals surface area contributed by atoms with Gasteiger partial charge in [-0.25, -0.2) is 14.2 Å². The monoisotopic (exact) mass is 291 g/mol. The molecule has 0 spiro atoms. The highest BCUT2D eigenvalue weighted by molar-refractivity contribution is 6.16. The Bertz CT molecular complexity index is 836. The first-order chi connectivity index (χ1) is 9.60. The van der Waals surface area contributed by atoms with Crippen molar-refractivity contribution < 1.29 is 4.39 Å². The summed E-state index contributed by atoms with van der Waals surface area (Å²) in [5.74, 6) is -0.0939. The van der Waals surface area contributed by atoms with Crippen molar-refractivity contribution in [2.45, 2.75) is 12.8 Å². The third kappa shape index (κ3) is 2.00. The Balaban J connectivity index is 2.29. The zero-order chi connectivity index (χ0) is 14.3. The largest absolute Gasteiger partial charge is 0.338 e. The fraction of sp³-hybridized carbons (Fsp3) is 0.143. The predicted molar refractivity (Wildman–Crippen MR) is 75.0 cm³/mol. The minimum atomic E-state index is -0.341. The maximum Gasteiger partial charge on any atom is 0.338 e. The fourth-order valence-electron chi connectivity index (χ4n) is 2.13. The van der Waals surface area contributed by atoms with Gasteiger partial charge < -0.3 is 0 Å². The maximum absolute atomic E-state index is 13.0. The smallest absolute Gasteiger partial charge is 0.269 e. The van der Waals surface area contributed by atoms with Crippen molar-refractivity contribution in [2.75, 3.05) is 0 Å². The van der Waals surface area contributed by atoms with Gasteiger partial charge in [0.05, 0.1) is 17.3 Å². The van der Waals surface area contributed by atoms with Crippen LogP contribution < -0.4 is 5.69 Å². The Labute approximate surface area is 119 Å². The van der Waals surface area contributed by atoms with Crippen LogP contribution in [0.1, 0.15) is 11.3 Å². The molecule has 2 aromatic heterocycles. The molecule has 3 rings (SSSR count). The molecule has 0 saturated carbocycles. The van der Waals surface area contributed by atoms with Crippen molar-refractivity contribution in [1.82, 2.24) is 14.0 Å². The molecule has 3 aromatic rings. The van der Waals surface area contributed by atoms with E-state index in [0.29, 0.717) is 17.0 Å². The van der Waals surface area contributed by atoms with Crippen LogP contribution in [-0.2, 0) is 5.88 Å². The quantitative estimate of drug-likeness (QED) is 0.681. The van der Waals surface area contributed by atoms with Crippen LogP contribution in [-0.4, -0.2) is 14.0 Å². The number of nitrogens with zero attached hydrogens (tertiary/aromatic N) is 3. The molecule has 102 valence electrons. The van der Waals surface area contributed by atoms with Crippen LogP contribution in [0.4, 0.5) is 4.39 Å². The molecule has 0 amide bonds. The van der Waals surface area contributed by atoms with E-state index in [1.54, 1.807) is 24.5 Å². The lowest BCUT2D eigenvalue weighted by Gasteiger charge is -2.08. The lowest BCUT2D eigenvalue weighted by atomic mass is 10.3. The summed E-state index contributed by atoms with van der Waals surface area (Å²) < 4.78 is 15.9. The van der Waals surface area contributed by atoms with Gasteiger partial charge in [0.2, 0.25) is 0 Å². The molecule has 4 nitrogen and oxygen atoms in total. The molecule has 1 aromatic carbocycles. The highest BCUT2D eigenvalue weighted by Gasteiger charge is 2.10. The first-order valence-corrected chi connectivity index (χ1v) is 6.56. The first kappa shape index (κ1) is 12.9. The topological polar surface area (TPSA) is 39.3 Å². The average Bonchev–Trinajstić information content (AvgIpc) is 2.89. The van der Waals surface area contributed by atoms with Gasteiger partial charge in [-0.1, -0.05) is 0 Å². The molecule has 0 radical (unpaired) electrons. The van der Waals surface area contributed by atoms with Crippen LogP contribution in [0.15, 0.2) is 41.5 Å². The van der Waals surface area contributed by atoms with Crippen LogP contribution >= 0.6 is 11.6 Å². The zero-order valence-corrected chi connectivity index (χ0v) is 11.4. The summed E-state index contributed by atoms with van der Waals surface area (Å²) in [6.45, 7) is 1.86. The number of hydrogen-bond acceptors (Lipinski definition) is 2. The number of alkyl halides is 1. The Morgan fingerprint density at radius 1 is 1.25 bits per heavy atom. The van der Waals surface area contributed by atoms with E-state index in [1.807, 2.05) is 6.92 Å². The van der Waals surface area contributed by atoms with Gasteiger partial charge in [0.1, 0.15) is 11.5 Å². The summed E-state index contributed by atoms with van der Waals surface area (Å²) in [6, 6.07) is 5.75. The predicted octanol–water partition coefficient (Wildman–Crippen LogP) is 2.67. The number of fused-ring (bicyclic) bond motifs is 1. The van der Waals surface area contributed by atoms with Crippen LogP contribution in [0.5, 0.6) is 0 Å². The normalized spacial score (nSPS) is 11.2. The second kappa shape index (κ2) is 4.76. The Morgan fingerprint density at radius 2 is 1.95 bits per heavy atom. The second-order valence-electron chi connectivity index (χ2n) is 4.50. The minimum absolute atomic E-state index is 0.247. The molecule has 6 heteroatoms. The Hall–Kier alpha value is -2.14. The average molecular weight is 292 g/mol. The third-order valence-electron chi connectivity index (χ3n) is 3.09. The van der Waals surface area contributed by atoms with E-state index in [1.165, 1.54) is 21.1 Å². The standard InChI is InChI=1S/C14H11ClFN3O/c1-9-7-18(12-4-2-10(16)3-5-12)14(20)19-8-11(6-15)17-13(9)19/h2-5,7-8H,6H2,1H3. The van der Waals surface area contributed by atoms with Gasteiger partial charge in [0.25, 0.3) is 0 Å². The number of imidazole rings is 1. The second-order valence-corrected chi connectivity index (χ2v) is 4.77. The lowest BCUT2D eigenvalue weighted by Crippen LogP contribution is -2.25. The summed E-state index contributed by atoms with van der Waals surface area (Å²) in [6.07, 6.45) is 3.31.